The second-order valence-corrected chi connectivity index (χ2v) is 5.24. The minimum atomic E-state index is -0.135. The summed E-state index contributed by atoms with van der Waals surface area (Å²) in [5, 5.41) is 3.44. The number of halogens is 1. The van der Waals surface area contributed by atoms with E-state index in [1.54, 1.807) is 13.0 Å². The van der Waals surface area contributed by atoms with Gasteiger partial charge in [-0.1, -0.05) is 31.2 Å². The number of nitrogens with zero attached hydrogens (tertiary/aromatic N) is 1. The zero-order valence-electron chi connectivity index (χ0n) is 13.2. The van der Waals surface area contributed by atoms with Gasteiger partial charge >= 0.3 is 0 Å². The first-order chi connectivity index (χ1) is 10.1. The first kappa shape index (κ1) is 17.6. The van der Waals surface area contributed by atoms with Gasteiger partial charge in [-0.05, 0) is 37.1 Å². The molecule has 3 heteroatoms. The highest BCUT2D eigenvalue weighted by atomic mass is 19.1. The monoisotopic (exact) mass is 290 g/mol. The summed E-state index contributed by atoms with van der Waals surface area (Å²) in [7, 11) is 0. The molecule has 21 heavy (non-hydrogen) atoms. The molecule has 0 radical (unpaired) electrons. The topological polar surface area (TPSA) is 15.3 Å². The summed E-state index contributed by atoms with van der Waals surface area (Å²) in [5.41, 5.74) is 1.70. The number of hydrogen-bond acceptors (Lipinski definition) is 2. The van der Waals surface area contributed by atoms with E-state index in [9.17, 15) is 4.39 Å². The zero-order valence-corrected chi connectivity index (χ0v) is 13.2. The van der Waals surface area contributed by atoms with Crippen LogP contribution in [-0.2, 0) is 0 Å². The van der Waals surface area contributed by atoms with Crippen molar-refractivity contribution >= 4 is 0 Å². The van der Waals surface area contributed by atoms with Gasteiger partial charge in [0.15, 0.2) is 0 Å². The molecule has 0 heterocycles. The Balaban J connectivity index is 2.73. The molecule has 0 aliphatic heterocycles. The molecule has 1 atom stereocenters. The third-order valence-electron chi connectivity index (χ3n) is 3.56. The summed E-state index contributed by atoms with van der Waals surface area (Å²) in [4.78, 5) is 2.27. The quantitative estimate of drug-likeness (QED) is 0.658. The number of rotatable bonds is 10. The van der Waals surface area contributed by atoms with Crippen LogP contribution in [0.3, 0.4) is 0 Å². The summed E-state index contributed by atoms with van der Waals surface area (Å²) in [6, 6.07) is 5.67. The molecule has 116 valence electrons. The van der Waals surface area contributed by atoms with Crippen molar-refractivity contribution in [3.05, 3.63) is 60.5 Å². The Morgan fingerprint density at radius 2 is 1.95 bits per heavy atom. The lowest BCUT2D eigenvalue weighted by Gasteiger charge is -2.24. The van der Waals surface area contributed by atoms with E-state index in [4.69, 9.17) is 0 Å². The molecule has 0 aromatic heterocycles. The maximum atomic E-state index is 13.8. The lowest BCUT2D eigenvalue weighted by Crippen LogP contribution is -2.30. The molecule has 1 aromatic carbocycles. The largest absolute Gasteiger partial charge is 0.310 e. The van der Waals surface area contributed by atoms with Gasteiger partial charge in [0.25, 0.3) is 0 Å². The van der Waals surface area contributed by atoms with E-state index in [2.05, 4.69) is 30.3 Å². The molecule has 1 rings (SSSR count). The summed E-state index contributed by atoms with van der Waals surface area (Å²) in [6.07, 6.45) is 4.73. The van der Waals surface area contributed by atoms with Crippen LogP contribution in [0.5, 0.6) is 0 Å². The van der Waals surface area contributed by atoms with Crippen LogP contribution in [0.15, 0.2) is 43.5 Å². The molecule has 2 nitrogen and oxygen atoms in total. The van der Waals surface area contributed by atoms with Gasteiger partial charge in [0.2, 0.25) is 0 Å². The standard InChI is InChI=1S/C18H27FN2/c1-5-11-21(12-6-2)13-10-18(20-7-3)16-9-8-15(4)17(19)14-16/h5-6,8-9,14,18,20H,1-2,7,10-13H2,3-4H3. The molecule has 1 unspecified atom stereocenters. The highest BCUT2D eigenvalue weighted by Crippen LogP contribution is 2.20. The summed E-state index contributed by atoms with van der Waals surface area (Å²) in [5.74, 6) is -0.135. The van der Waals surface area contributed by atoms with E-state index >= 15 is 0 Å². The van der Waals surface area contributed by atoms with Crippen LogP contribution in [0, 0.1) is 12.7 Å². The molecule has 0 saturated heterocycles. The Morgan fingerprint density at radius 3 is 2.48 bits per heavy atom. The number of aryl methyl sites for hydroxylation is 1. The smallest absolute Gasteiger partial charge is 0.126 e. The van der Waals surface area contributed by atoms with Crippen molar-refractivity contribution in [2.45, 2.75) is 26.3 Å². The van der Waals surface area contributed by atoms with E-state index in [1.165, 1.54) is 0 Å². The van der Waals surface area contributed by atoms with Crippen molar-refractivity contribution in [2.24, 2.45) is 0 Å². The fourth-order valence-electron chi connectivity index (χ4n) is 2.39. The fraction of sp³-hybridized carbons (Fsp3) is 0.444. The van der Waals surface area contributed by atoms with Crippen molar-refractivity contribution in [2.75, 3.05) is 26.2 Å². The third kappa shape index (κ3) is 5.82. The molecule has 1 N–H and O–H groups in total. The summed E-state index contributed by atoms with van der Waals surface area (Å²) >= 11 is 0. The molecule has 0 aliphatic carbocycles. The van der Waals surface area contributed by atoms with Crippen molar-refractivity contribution in [3.63, 3.8) is 0 Å². The van der Waals surface area contributed by atoms with Gasteiger partial charge in [-0.3, -0.25) is 4.90 Å². The number of hydrogen-bond donors (Lipinski definition) is 1. The molecule has 0 saturated carbocycles. The van der Waals surface area contributed by atoms with Crippen LogP contribution in [0.4, 0.5) is 4.39 Å². The van der Waals surface area contributed by atoms with Crippen molar-refractivity contribution in [3.8, 4) is 0 Å². The molecule has 0 amide bonds. The molecule has 1 aromatic rings. The highest BCUT2D eigenvalue weighted by Gasteiger charge is 2.13. The Labute approximate surface area is 128 Å². The van der Waals surface area contributed by atoms with Crippen LogP contribution in [0.1, 0.15) is 30.5 Å². The van der Waals surface area contributed by atoms with Crippen LogP contribution in [0.2, 0.25) is 0 Å². The van der Waals surface area contributed by atoms with Gasteiger partial charge in [-0.2, -0.15) is 0 Å². The maximum absolute atomic E-state index is 13.8. The maximum Gasteiger partial charge on any atom is 0.126 e. The minimum Gasteiger partial charge on any atom is -0.310 e. The van der Waals surface area contributed by atoms with Crippen molar-refractivity contribution in [1.82, 2.24) is 10.2 Å². The summed E-state index contributed by atoms with van der Waals surface area (Å²) < 4.78 is 13.8. The zero-order chi connectivity index (χ0) is 15.7. The molecular weight excluding hydrogens is 263 g/mol. The van der Waals surface area contributed by atoms with E-state index in [0.717, 1.165) is 38.2 Å². The van der Waals surface area contributed by atoms with Crippen LogP contribution in [-0.4, -0.2) is 31.1 Å². The third-order valence-corrected chi connectivity index (χ3v) is 3.56. The van der Waals surface area contributed by atoms with Gasteiger partial charge in [0, 0.05) is 25.7 Å². The predicted molar refractivity (Wildman–Crippen MR) is 89.0 cm³/mol. The van der Waals surface area contributed by atoms with Crippen LogP contribution < -0.4 is 5.32 Å². The fourth-order valence-corrected chi connectivity index (χ4v) is 2.39. The van der Waals surface area contributed by atoms with E-state index in [0.29, 0.717) is 5.56 Å². The van der Waals surface area contributed by atoms with Gasteiger partial charge in [-0.25, -0.2) is 4.39 Å². The van der Waals surface area contributed by atoms with Gasteiger partial charge in [-0.15, -0.1) is 13.2 Å². The Morgan fingerprint density at radius 1 is 1.29 bits per heavy atom. The van der Waals surface area contributed by atoms with E-state index in [1.807, 2.05) is 24.3 Å². The van der Waals surface area contributed by atoms with Crippen LogP contribution in [0.25, 0.3) is 0 Å². The Bertz CT molecular complexity index is 447. The highest BCUT2D eigenvalue weighted by molar-refractivity contribution is 5.25. The predicted octanol–water partition coefficient (Wildman–Crippen LogP) is 3.85. The summed E-state index contributed by atoms with van der Waals surface area (Å²) in [6.45, 7) is 14.9. The molecule has 0 bridgehead atoms. The lowest BCUT2D eigenvalue weighted by molar-refractivity contribution is 0.308. The Hall–Kier alpha value is -1.45. The molecule has 0 spiro atoms. The van der Waals surface area contributed by atoms with Gasteiger partial charge < -0.3 is 5.32 Å². The average molecular weight is 290 g/mol. The minimum absolute atomic E-state index is 0.135. The Kier molecular flexibility index (Phi) is 7.95. The SMILES string of the molecule is C=CCN(CC=C)CCC(NCC)c1ccc(C)c(F)c1. The second-order valence-electron chi connectivity index (χ2n) is 5.24. The van der Waals surface area contributed by atoms with Crippen LogP contribution >= 0.6 is 0 Å². The van der Waals surface area contributed by atoms with E-state index < -0.39 is 0 Å². The van der Waals surface area contributed by atoms with Crippen molar-refractivity contribution < 1.29 is 4.39 Å². The molecular formula is C18H27FN2. The number of nitrogens with one attached hydrogen (secondary N) is 1. The second kappa shape index (κ2) is 9.48. The first-order valence-corrected chi connectivity index (χ1v) is 7.55. The number of benzene rings is 1. The molecule has 0 aliphatic rings. The molecule has 0 fully saturated rings. The lowest BCUT2D eigenvalue weighted by atomic mass is 10.0. The first-order valence-electron chi connectivity index (χ1n) is 7.55. The average Bonchev–Trinajstić information content (AvgIpc) is 2.46. The van der Waals surface area contributed by atoms with Crippen molar-refractivity contribution in [1.29, 1.82) is 0 Å². The van der Waals surface area contributed by atoms with Gasteiger partial charge in [0.1, 0.15) is 5.82 Å². The normalized spacial score (nSPS) is 12.4. The van der Waals surface area contributed by atoms with Gasteiger partial charge in [0.05, 0.1) is 0 Å². The van der Waals surface area contributed by atoms with E-state index in [-0.39, 0.29) is 11.9 Å².